The largest absolute Gasteiger partial charge is 0.505 e. The van der Waals surface area contributed by atoms with E-state index in [4.69, 9.17) is 10.2 Å². The molecule has 0 unspecified atom stereocenters. The molecule has 1 N–H and O–H groups in total. The van der Waals surface area contributed by atoms with E-state index in [9.17, 15) is 5.11 Å². The van der Waals surface area contributed by atoms with Gasteiger partial charge < -0.3 is 5.11 Å². The molecule has 5 rings (SSSR count). The molecule has 1 heterocycles. The molecule has 5 aromatic rings. The van der Waals surface area contributed by atoms with Crippen molar-refractivity contribution in [3.63, 3.8) is 0 Å². The Balaban J connectivity index is 1.65. The number of phenols is 1. The van der Waals surface area contributed by atoms with Gasteiger partial charge in [-0.15, -0.1) is 15.0 Å². The number of aromatic hydroxyl groups is 1. The fraction of sp³-hybridized carbons (Fsp3) is 0.314. The molecule has 0 saturated carbocycles. The van der Waals surface area contributed by atoms with Crippen LogP contribution in [0.1, 0.15) is 71.6 Å². The smallest absolute Gasteiger partial charge is 0.147 e. The van der Waals surface area contributed by atoms with Crippen molar-refractivity contribution in [3.8, 4) is 11.4 Å². The average Bonchev–Trinajstić information content (AvgIpc) is 3.31. The van der Waals surface area contributed by atoms with Crippen molar-refractivity contribution in [1.29, 1.82) is 0 Å². The van der Waals surface area contributed by atoms with Gasteiger partial charge in [0.05, 0.1) is 0 Å². The van der Waals surface area contributed by atoms with E-state index in [-0.39, 0.29) is 16.6 Å². The fourth-order valence-electron chi connectivity index (χ4n) is 5.77. The summed E-state index contributed by atoms with van der Waals surface area (Å²) in [4.78, 5) is 3.88. The molecule has 0 aliphatic carbocycles. The minimum absolute atomic E-state index is 0.131. The Labute approximate surface area is 242 Å². The first kappa shape index (κ1) is 28.0. The van der Waals surface area contributed by atoms with Crippen LogP contribution in [0.25, 0.3) is 16.7 Å². The lowest BCUT2D eigenvalue weighted by Gasteiger charge is -2.35. The number of fused-ring (bicyclic) bond motifs is 1. The molecule has 0 bridgehead atoms. The predicted octanol–water partition coefficient (Wildman–Crippen LogP) is 9.32. The second-order valence-corrected chi connectivity index (χ2v) is 14.2. The highest BCUT2D eigenvalue weighted by molar-refractivity contribution is 7.99. The normalized spacial score (nSPS) is 12.7. The van der Waals surface area contributed by atoms with Gasteiger partial charge in [-0.3, -0.25) is 0 Å². The Kier molecular flexibility index (Phi) is 7.30. The van der Waals surface area contributed by atoms with E-state index in [1.807, 2.05) is 30.3 Å². The van der Waals surface area contributed by atoms with Crippen LogP contribution in [0.2, 0.25) is 0 Å². The van der Waals surface area contributed by atoms with Gasteiger partial charge in [0.2, 0.25) is 0 Å². The second-order valence-electron chi connectivity index (χ2n) is 13.1. The van der Waals surface area contributed by atoms with Crippen molar-refractivity contribution < 1.29 is 5.11 Å². The topological polar surface area (TPSA) is 50.9 Å². The molecule has 0 atom stereocenters. The molecule has 40 heavy (non-hydrogen) atoms. The lowest BCUT2D eigenvalue weighted by molar-refractivity contribution is 0.283. The summed E-state index contributed by atoms with van der Waals surface area (Å²) in [6.07, 6.45) is 0.990. The average molecular weight is 550 g/mol. The van der Waals surface area contributed by atoms with Gasteiger partial charge in [0.25, 0.3) is 0 Å². The molecule has 0 aliphatic rings. The van der Waals surface area contributed by atoms with Gasteiger partial charge in [-0.25, -0.2) is 0 Å². The van der Waals surface area contributed by atoms with Crippen LogP contribution in [-0.2, 0) is 10.8 Å². The van der Waals surface area contributed by atoms with Crippen LogP contribution in [0.5, 0.6) is 5.75 Å². The minimum atomic E-state index is -0.431. The van der Waals surface area contributed by atoms with Crippen molar-refractivity contribution in [3.05, 3.63) is 108 Å². The summed E-state index contributed by atoms with van der Waals surface area (Å²) in [5, 5.41) is 21.5. The van der Waals surface area contributed by atoms with Gasteiger partial charge in [-0.05, 0) is 64.8 Å². The van der Waals surface area contributed by atoms with E-state index < -0.39 is 5.41 Å². The van der Waals surface area contributed by atoms with Crippen LogP contribution in [0.15, 0.2) is 101 Å². The highest BCUT2D eigenvalue weighted by Gasteiger charge is 2.33. The maximum Gasteiger partial charge on any atom is 0.147 e. The zero-order chi connectivity index (χ0) is 28.7. The van der Waals surface area contributed by atoms with E-state index in [1.165, 1.54) is 4.90 Å². The first-order chi connectivity index (χ1) is 18.8. The van der Waals surface area contributed by atoms with Crippen LogP contribution in [0.3, 0.4) is 0 Å². The Morgan fingerprint density at radius 1 is 0.675 bits per heavy atom. The third kappa shape index (κ3) is 5.80. The molecule has 0 amide bonds. The van der Waals surface area contributed by atoms with E-state index in [0.717, 1.165) is 39.0 Å². The number of hydrogen-bond acceptors (Lipinski definition) is 4. The minimum Gasteiger partial charge on any atom is -0.505 e. The number of phenolic OH excluding ortho intramolecular Hbond substituents is 1. The van der Waals surface area contributed by atoms with Crippen molar-refractivity contribution in [2.45, 2.75) is 75.5 Å². The lowest BCUT2D eigenvalue weighted by atomic mass is 9.70. The van der Waals surface area contributed by atoms with Crippen molar-refractivity contribution in [2.75, 3.05) is 0 Å². The molecule has 0 aliphatic heterocycles. The first-order valence-corrected chi connectivity index (χ1v) is 14.7. The van der Waals surface area contributed by atoms with Crippen LogP contribution in [0, 0.1) is 5.41 Å². The third-order valence-electron chi connectivity index (χ3n) is 7.56. The summed E-state index contributed by atoms with van der Waals surface area (Å²) >= 11 is 1.70. The van der Waals surface area contributed by atoms with Crippen LogP contribution in [0.4, 0.5) is 0 Å². The van der Waals surface area contributed by atoms with Crippen molar-refractivity contribution >= 4 is 22.8 Å². The van der Waals surface area contributed by atoms with Crippen LogP contribution >= 0.6 is 11.8 Å². The molecule has 5 heteroatoms. The standard InChI is InChI=1S/C35H39N3OS/c1-33(2,3)23-34(4,5)25-20-28(35(6,7)24-14-10-8-11-15-24)32(39)31(21-25)38-36-29-19-18-27(22-30(29)37-38)40-26-16-12-9-13-17-26/h8-22,39H,23H2,1-7H3. The molecule has 0 fully saturated rings. The molecule has 4 aromatic carbocycles. The van der Waals surface area contributed by atoms with Crippen LogP contribution < -0.4 is 0 Å². The Hall–Kier alpha value is -3.57. The summed E-state index contributed by atoms with van der Waals surface area (Å²) in [6, 6.07) is 31.1. The molecule has 1 aromatic heterocycles. The maximum atomic E-state index is 11.8. The Bertz CT molecular complexity index is 1630. The lowest BCUT2D eigenvalue weighted by Crippen LogP contribution is -2.27. The fourth-order valence-corrected chi connectivity index (χ4v) is 6.64. The van der Waals surface area contributed by atoms with Gasteiger partial charge in [-0.2, -0.15) is 0 Å². The molecule has 0 saturated heterocycles. The molecule has 0 radical (unpaired) electrons. The molecular weight excluding hydrogens is 510 g/mol. The third-order valence-corrected chi connectivity index (χ3v) is 8.56. The quantitative estimate of drug-likeness (QED) is 0.220. The second kappa shape index (κ2) is 10.4. The van der Waals surface area contributed by atoms with E-state index >= 15 is 0 Å². The van der Waals surface area contributed by atoms with Gasteiger partial charge >= 0.3 is 0 Å². The van der Waals surface area contributed by atoms with Gasteiger partial charge in [0.15, 0.2) is 0 Å². The summed E-state index contributed by atoms with van der Waals surface area (Å²) in [5.41, 5.74) is 4.95. The van der Waals surface area contributed by atoms with Crippen LogP contribution in [-0.4, -0.2) is 20.1 Å². The van der Waals surface area contributed by atoms with E-state index in [0.29, 0.717) is 5.69 Å². The summed E-state index contributed by atoms with van der Waals surface area (Å²) in [6.45, 7) is 15.7. The SMILES string of the molecule is CC(C)(C)CC(C)(C)c1cc(-n2nc3ccc(Sc4ccccc4)cc3n2)c(O)c(C(C)(C)c2ccccc2)c1. The number of nitrogens with zero attached hydrogens (tertiary/aromatic N) is 3. The van der Waals surface area contributed by atoms with Gasteiger partial charge in [0, 0.05) is 20.8 Å². The Morgan fingerprint density at radius 2 is 1.30 bits per heavy atom. The van der Waals surface area contributed by atoms with Crippen molar-refractivity contribution in [1.82, 2.24) is 15.0 Å². The van der Waals surface area contributed by atoms with E-state index in [1.54, 1.807) is 16.6 Å². The van der Waals surface area contributed by atoms with Gasteiger partial charge in [0.1, 0.15) is 22.5 Å². The molecule has 206 valence electrons. The Morgan fingerprint density at radius 3 is 1.95 bits per heavy atom. The summed E-state index contributed by atoms with van der Waals surface area (Å²) in [5.74, 6) is 0.211. The molecule has 0 spiro atoms. The summed E-state index contributed by atoms with van der Waals surface area (Å²) < 4.78 is 0. The number of hydrogen-bond donors (Lipinski definition) is 1. The zero-order valence-corrected chi connectivity index (χ0v) is 25.4. The highest BCUT2D eigenvalue weighted by Crippen LogP contribution is 2.45. The summed E-state index contributed by atoms with van der Waals surface area (Å²) in [7, 11) is 0. The highest BCUT2D eigenvalue weighted by atomic mass is 32.2. The monoisotopic (exact) mass is 549 g/mol. The zero-order valence-electron chi connectivity index (χ0n) is 24.6. The number of rotatable bonds is 7. The van der Waals surface area contributed by atoms with Gasteiger partial charge in [-0.1, -0.05) is 115 Å². The van der Waals surface area contributed by atoms with E-state index in [2.05, 4.69) is 109 Å². The number of aromatic nitrogens is 3. The first-order valence-electron chi connectivity index (χ1n) is 13.9. The predicted molar refractivity (Wildman–Crippen MR) is 167 cm³/mol. The maximum absolute atomic E-state index is 11.8. The molecule has 4 nitrogen and oxygen atoms in total. The number of benzene rings is 4. The molecular formula is C35H39N3OS. The van der Waals surface area contributed by atoms with Crippen molar-refractivity contribution in [2.24, 2.45) is 5.41 Å².